The lowest BCUT2D eigenvalue weighted by molar-refractivity contribution is -0.274. The minimum atomic E-state index is -4.80. The third-order valence-electron chi connectivity index (χ3n) is 3.31. The van der Waals surface area contributed by atoms with Crippen molar-refractivity contribution in [3.05, 3.63) is 24.3 Å². The lowest BCUT2D eigenvalue weighted by atomic mass is 10.2. The fraction of sp³-hybridized carbons (Fsp3) is 0.400. The molecule has 1 aliphatic heterocycles. The molecular formula is C15H15F3N2O4S. The number of nitrogens with zero attached hydrogens (tertiary/aromatic N) is 1. The second kappa shape index (κ2) is 7.34. The first-order valence-corrected chi connectivity index (χ1v) is 8.17. The number of carbonyl (C=O) groups is 3. The van der Waals surface area contributed by atoms with Crippen LogP contribution in [0.2, 0.25) is 0 Å². The van der Waals surface area contributed by atoms with Gasteiger partial charge in [-0.2, -0.15) is 0 Å². The van der Waals surface area contributed by atoms with Crippen molar-refractivity contribution in [3.63, 3.8) is 0 Å². The van der Waals surface area contributed by atoms with Crippen LogP contribution in [-0.2, 0) is 14.4 Å². The Hall–Kier alpha value is -2.23. The number of nitrogens with one attached hydrogen (secondary N) is 1. The Labute approximate surface area is 145 Å². The first-order valence-electron chi connectivity index (χ1n) is 7.23. The maximum absolute atomic E-state index is 12.1. The number of rotatable bonds is 4. The fourth-order valence-electron chi connectivity index (χ4n) is 2.21. The van der Waals surface area contributed by atoms with E-state index in [9.17, 15) is 27.6 Å². The van der Waals surface area contributed by atoms with Gasteiger partial charge in [0, 0.05) is 5.69 Å². The highest BCUT2D eigenvalue weighted by atomic mass is 32.2. The Kier molecular flexibility index (Phi) is 5.61. The lowest BCUT2D eigenvalue weighted by Gasteiger charge is -2.31. The van der Waals surface area contributed by atoms with Gasteiger partial charge in [-0.3, -0.25) is 19.3 Å². The van der Waals surface area contributed by atoms with Crippen LogP contribution in [-0.4, -0.2) is 46.0 Å². The van der Waals surface area contributed by atoms with Crippen molar-refractivity contribution in [3.8, 4) is 5.75 Å². The number of benzene rings is 1. The van der Waals surface area contributed by atoms with Crippen LogP contribution in [0.3, 0.4) is 0 Å². The number of alkyl halides is 3. The lowest BCUT2D eigenvalue weighted by Crippen LogP contribution is -2.52. The number of halogens is 3. The van der Waals surface area contributed by atoms with Crippen LogP contribution in [0.4, 0.5) is 18.9 Å². The standard InChI is InChI=1S/C15H15F3N2O4S/c1-8-13(22)20(14(23)9(2)25-8)7-12(21)19-10-3-5-11(6-4-10)24-15(16,17)18/h3-6,8-9H,7H2,1-2H3,(H,19,21)/t8-,9-/m1/s1. The van der Waals surface area contributed by atoms with E-state index in [0.29, 0.717) is 0 Å². The number of anilines is 1. The summed E-state index contributed by atoms with van der Waals surface area (Å²) in [6, 6.07) is 4.53. The summed E-state index contributed by atoms with van der Waals surface area (Å²) in [5, 5.41) is 1.56. The minimum absolute atomic E-state index is 0.215. The van der Waals surface area contributed by atoms with Crippen LogP contribution in [0.1, 0.15) is 13.8 Å². The number of hydrogen-bond donors (Lipinski definition) is 1. The van der Waals surface area contributed by atoms with E-state index in [1.807, 2.05) is 0 Å². The van der Waals surface area contributed by atoms with Crippen LogP contribution < -0.4 is 10.1 Å². The zero-order valence-corrected chi connectivity index (χ0v) is 14.1. The van der Waals surface area contributed by atoms with Gasteiger partial charge >= 0.3 is 6.36 Å². The maximum atomic E-state index is 12.1. The molecule has 1 aromatic carbocycles. The molecule has 0 spiro atoms. The first-order chi connectivity index (χ1) is 11.6. The Morgan fingerprint density at radius 3 is 2.16 bits per heavy atom. The Morgan fingerprint density at radius 1 is 1.16 bits per heavy atom. The Balaban J connectivity index is 1.98. The van der Waals surface area contributed by atoms with Crippen molar-refractivity contribution in [2.45, 2.75) is 30.7 Å². The Morgan fingerprint density at radius 2 is 1.68 bits per heavy atom. The van der Waals surface area contributed by atoms with Crippen molar-refractivity contribution in [2.24, 2.45) is 0 Å². The summed E-state index contributed by atoms with van der Waals surface area (Å²) in [5.74, 6) is -1.95. The van der Waals surface area contributed by atoms with E-state index in [1.54, 1.807) is 13.8 Å². The number of thioether (sulfide) groups is 1. The van der Waals surface area contributed by atoms with Crippen LogP contribution in [0, 0.1) is 0 Å². The topological polar surface area (TPSA) is 75.7 Å². The summed E-state index contributed by atoms with van der Waals surface area (Å²) in [7, 11) is 0. The van der Waals surface area contributed by atoms with E-state index < -0.39 is 46.9 Å². The highest BCUT2D eigenvalue weighted by Gasteiger charge is 2.38. The van der Waals surface area contributed by atoms with Gasteiger partial charge in [-0.05, 0) is 38.1 Å². The summed E-state index contributed by atoms with van der Waals surface area (Å²) < 4.78 is 40.0. The molecule has 136 valence electrons. The van der Waals surface area contributed by atoms with Crippen molar-refractivity contribution >= 4 is 35.2 Å². The van der Waals surface area contributed by atoms with Crippen LogP contribution in [0.5, 0.6) is 5.75 Å². The molecule has 1 N–H and O–H groups in total. The molecule has 2 atom stereocenters. The number of hydrogen-bond acceptors (Lipinski definition) is 5. The fourth-order valence-corrected chi connectivity index (χ4v) is 3.31. The van der Waals surface area contributed by atoms with Gasteiger partial charge in [-0.15, -0.1) is 24.9 Å². The molecule has 2 rings (SSSR count). The molecule has 6 nitrogen and oxygen atoms in total. The summed E-state index contributed by atoms with van der Waals surface area (Å²) in [6.07, 6.45) is -4.80. The molecule has 0 bridgehead atoms. The summed E-state index contributed by atoms with van der Waals surface area (Å²) in [4.78, 5) is 37.0. The molecule has 1 aliphatic rings. The Bertz CT molecular complexity index is 658. The third-order valence-corrected chi connectivity index (χ3v) is 4.53. The van der Waals surface area contributed by atoms with Crippen LogP contribution in [0.15, 0.2) is 24.3 Å². The van der Waals surface area contributed by atoms with E-state index in [4.69, 9.17) is 0 Å². The molecule has 1 heterocycles. The van der Waals surface area contributed by atoms with Crippen molar-refractivity contribution in [2.75, 3.05) is 11.9 Å². The van der Waals surface area contributed by atoms with Gasteiger partial charge < -0.3 is 10.1 Å². The predicted octanol–water partition coefficient (Wildman–Crippen LogP) is 2.40. The molecule has 1 fully saturated rings. The minimum Gasteiger partial charge on any atom is -0.406 e. The van der Waals surface area contributed by atoms with Gasteiger partial charge in [-0.25, -0.2) is 0 Å². The van der Waals surface area contributed by atoms with Gasteiger partial charge in [0.15, 0.2) is 0 Å². The molecule has 0 unspecified atom stereocenters. The van der Waals surface area contributed by atoms with Crippen molar-refractivity contribution in [1.29, 1.82) is 0 Å². The van der Waals surface area contributed by atoms with E-state index in [1.165, 1.54) is 23.9 Å². The highest BCUT2D eigenvalue weighted by Crippen LogP contribution is 2.27. The van der Waals surface area contributed by atoms with Gasteiger partial charge in [0.25, 0.3) is 0 Å². The predicted molar refractivity (Wildman–Crippen MR) is 85.0 cm³/mol. The second-order valence-electron chi connectivity index (χ2n) is 5.30. The molecule has 10 heteroatoms. The molecule has 0 aliphatic carbocycles. The molecule has 0 aromatic heterocycles. The van der Waals surface area contributed by atoms with Crippen LogP contribution in [0.25, 0.3) is 0 Å². The largest absolute Gasteiger partial charge is 0.573 e. The molecule has 25 heavy (non-hydrogen) atoms. The van der Waals surface area contributed by atoms with E-state index in [2.05, 4.69) is 10.1 Å². The molecule has 1 saturated heterocycles. The normalized spacial score (nSPS) is 21.2. The monoisotopic (exact) mass is 376 g/mol. The SMILES string of the molecule is C[C@H]1S[C@H](C)C(=O)N(CC(=O)Nc2ccc(OC(F)(F)F)cc2)C1=O. The average molecular weight is 376 g/mol. The summed E-state index contributed by atoms with van der Waals surface area (Å²) in [5.41, 5.74) is 0.215. The first kappa shape index (κ1) is 19.1. The average Bonchev–Trinajstić information content (AvgIpc) is 2.50. The molecule has 0 saturated carbocycles. The van der Waals surface area contributed by atoms with Crippen molar-refractivity contribution < 1.29 is 32.3 Å². The number of amides is 3. The molecule has 1 aromatic rings. The van der Waals surface area contributed by atoms with Gasteiger partial charge in [0.05, 0.1) is 10.5 Å². The van der Waals surface area contributed by atoms with Gasteiger partial charge in [0.1, 0.15) is 12.3 Å². The smallest absolute Gasteiger partial charge is 0.406 e. The quantitative estimate of drug-likeness (QED) is 0.817. The van der Waals surface area contributed by atoms with E-state index >= 15 is 0 Å². The number of imide groups is 1. The van der Waals surface area contributed by atoms with E-state index in [-0.39, 0.29) is 5.69 Å². The second-order valence-corrected chi connectivity index (χ2v) is 6.99. The highest BCUT2D eigenvalue weighted by molar-refractivity contribution is 8.02. The zero-order chi connectivity index (χ0) is 18.8. The van der Waals surface area contributed by atoms with Gasteiger partial charge in [-0.1, -0.05) is 0 Å². The molecule has 0 radical (unpaired) electrons. The number of carbonyl (C=O) groups excluding carboxylic acids is 3. The number of ether oxygens (including phenoxy) is 1. The summed E-state index contributed by atoms with van der Waals surface area (Å²) in [6.45, 7) is 2.86. The van der Waals surface area contributed by atoms with Gasteiger partial charge in [0.2, 0.25) is 17.7 Å². The zero-order valence-electron chi connectivity index (χ0n) is 13.3. The van der Waals surface area contributed by atoms with Crippen LogP contribution >= 0.6 is 11.8 Å². The maximum Gasteiger partial charge on any atom is 0.573 e. The molecular weight excluding hydrogens is 361 g/mol. The summed E-state index contributed by atoms with van der Waals surface area (Å²) >= 11 is 1.22. The molecule has 3 amide bonds. The van der Waals surface area contributed by atoms with Crippen molar-refractivity contribution in [1.82, 2.24) is 4.90 Å². The van der Waals surface area contributed by atoms with E-state index in [0.717, 1.165) is 17.0 Å². The third kappa shape index (κ3) is 5.12.